The van der Waals surface area contributed by atoms with Gasteiger partial charge in [-0.25, -0.2) is 0 Å². The van der Waals surface area contributed by atoms with Gasteiger partial charge in [0.1, 0.15) is 6.04 Å². The Kier molecular flexibility index (Phi) is 8.88. The van der Waals surface area contributed by atoms with Crippen LogP contribution in [0.4, 0.5) is 5.69 Å². The lowest BCUT2D eigenvalue weighted by Crippen LogP contribution is -2.46. The van der Waals surface area contributed by atoms with E-state index in [1.807, 2.05) is 26.0 Å². The van der Waals surface area contributed by atoms with Gasteiger partial charge < -0.3 is 20.0 Å². The van der Waals surface area contributed by atoms with Crippen LogP contribution >= 0.6 is 0 Å². The lowest BCUT2D eigenvalue weighted by atomic mass is 10.0. The summed E-state index contributed by atoms with van der Waals surface area (Å²) in [6, 6.07) is 3.29. The second-order valence-corrected chi connectivity index (χ2v) is 6.96. The van der Waals surface area contributed by atoms with Crippen LogP contribution in [0.2, 0.25) is 0 Å². The van der Waals surface area contributed by atoms with E-state index in [4.69, 9.17) is 4.84 Å². The van der Waals surface area contributed by atoms with Crippen LogP contribution in [0.3, 0.4) is 0 Å². The molecule has 1 fully saturated rings. The molecular weight excluding hydrogens is 374 g/mol. The van der Waals surface area contributed by atoms with Gasteiger partial charge in [-0.2, -0.15) is 5.48 Å². The molecule has 1 saturated heterocycles. The minimum Gasteiger partial charge on any atom is -0.406 e. The van der Waals surface area contributed by atoms with Crippen LogP contribution in [-0.2, 0) is 20.9 Å². The Hall–Kier alpha value is -2.65. The number of rotatable bonds is 11. The molecule has 0 spiro atoms. The third-order valence-electron chi connectivity index (χ3n) is 5.08. The molecule has 1 unspecified atom stereocenters. The molecule has 1 aliphatic rings. The van der Waals surface area contributed by atoms with Gasteiger partial charge in [-0.1, -0.05) is 19.4 Å². The second-order valence-electron chi connectivity index (χ2n) is 6.96. The molecule has 0 saturated carbocycles. The molecule has 0 aromatic heterocycles. The largest absolute Gasteiger partial charge is 0.406 e. The Balaban J connectivity index is 2.40. The van der Waals surface area contributed by atoms with Crippen molar-refractivity contribution in [3.8, 4) is 5.75 Å². The molecule has 1 atom stereocenters. The minimum atomic E-state index is -0.729. The SMILES string of the molecule is CCCC(C(=O)NC=O)N(C=O)Cc1c(C)ccc(N2CCNCC2)c1ONC. The molecule has 2 rings (SSSR count). The first kappa shape index (κ1) is 22.6. The predicted molar refractivity (Wildman–Crippen MR) is 110 cm³/mol. The zero-order chi connectivity index (χ0) is 21.2. The summed E-state index contributed by atoms with van der Waals surface area (Å²) in [6.07, 6.45) is 2.16. The average Bonchev–Trinajstić information content (AvgIpc) is 2.73. The molecule has 0 bridgehead atoms. The molecule has 29 heavy (non-hydrogen) atoms. The molecule has 9 heteroatoms. The fourth-order valence-corrected chi connectivity index (χ4v) is 3.56. The van der Waals surface area contributed by atoms with E-state index in [1.54, 1.807) is 7.05 Å². The van der Waals surface area contributed by atoms with E-state index < -0.39 is 11.9 Å². The van der Waals surface area contributed by atoms with Crippen molar-refractivity contribution in [1.29, 1.82) is 0 Å². The third-order valence-corrected chi connectivity index (χ3v) is 5.08. The topological polar surface area (TPSA) is 103 Å². The van der Waals surface area contributed by atoms with E-state index >= 15 is 0 Å². The quantitative estimate of drug-likeness (QED) is 0.360. The lowest BCUT2D eigenvalue weighted by Gasteiger charge is -2.33. The van der Waals surface area contributed by atoms with Crippen LogP contribution in [0, 0.1) is 6.92 Å². The molecule has 3 amide bonds. The van der Waals surface area contributed by atoms with Gasteiger partial charge in [0, 0.05) is 38.8 Å². The van der Waals surface area contributed by atoms with Crippen molar-refractivity contribution in [2.75, 3.05) is 38.1 Å². The van der Waals surface area contributed by atoms with Crippen molar-refractivity contribution >= 4 is 24.4 Å². The van der Waals surface area contributed by atoms with Crippen molar-refractivity contribution in [3.63, 3.8) is 0 Å². The Labute approximate surface area is 171 Å². The van der Waals surface area contributed by atoms with Gasteiger partial charge in [0.15, 0.2) is 5.75 Å². The highest BCUT2D eigenvalue weighted by Gasteiger charge is 2.27. The number of hydrogen-bond donors (Lipinski definition) is 3. The van der Waals surface area contributed by atoms with E-state index in [0.29, 0.717) is 31.4 Å². The van der Waals surface area contributed by atoms with Crippen molar-refractivity contribution in [1.82, 2.24) is 21.0 Å². The van der Waals surface area contributed by atoms with Gasteiger partial charge in [-0.3, -0.25) is 19.7 Å². The minimum absolute atomic E-state index is 0.198. The number of nitrogens with one attached hydrogen (secondary N) is 3. The summed E-state index contributed by atoms with van der Waals surface area (Å²) < 4.78 is 0. The normalized spacial score (nSPS) is 14.8. The van der Waals surface area contributed by atoms with Crippen LogP contribution in [0.15, 0.2) is 12.1 Å². The van der Waals surface area contributed by atoms with Gasteiger partial charge in [0.25, 0.3) is 0 Å². The predicted octanol–water partition coefficient (Wildman–Crippen LogP) is 0.318. The molecule has 1 aliphatic heterocycles. The van der Waals surface area contributed by atoms with Crippen molar-refractivity contribution < 1.29 is 19.2 Å². The van der Waals surface area contributed by atoms with Crippen LogP contribution in [0.5, 0.6) is 5.75 Å². The van der Waals surface area contributed by atoms with Crippen LogP contribution < -0.4 is 25.9 Å². The van der Waals surface area contributed by atoms with Crippen LogP contribution in [0.25, 0.3) is 0 Å². The molecule has 0 aliphatic carbocycles. The maximum atomic E-state index is 12.3. The highest BCUT2D eigenvalue weighted by atomic mass is 16.6. The zero-order valence-corrected chi connectivity index (χ0v) is 17.4. The first-order chi connectivity index (χ1) is 14.1. The maximum Gasteiger partial charge on any atom is 0.249 e. The molecule has 160 valence electrons. The number of hydroxylamine groups is 1. The van der Waals surface area contributed by atoms with E-state index in [0.717, 1.165) is 43.0 Å². The van der Waals surface area contributed by atoms with Gasteiger partial charge in [-0.15, -0.1) is 0 Å². The number of piperazine rings is 1. The monoisotopic (exact) mass is 405 g/mol. The summed E-state index contributed by atoms with van der Waals surface area (Å²) in [5.74, 6) is 0.160. The molecular formula is C20H31N5O4. The number of amides is 3. The van der Waals surface area contributed by atoms with E-state index in [9.17, 15) is 14.4 Å². The van der Waals surface area contributed by atoms with Crippen LogP contribution in [-0.4, -0.2) is 62.9 Å². The summed E-state index contributed by atoms with van der Waals surface area (Å²) >= 11 is 0. The first-order valence-electron chi connectivity index (χ1n) is 9.94. The Morgan fingerprint density at radius 2 is 2.07 bits per heavy atom. The van der Waals surface area contributed by atoms with Gasteiger partial charge in [-0.05, 0) is 25.0 Å². The highest BCUT2D eigenvalue weighted by Crippen LogP contribution is 2.35. The molecule has 9 nitrogen and oxygen atoms in total. The summed E-state index contributed by atoms with van der Waals surface area (Å²) in [5, 5.41) is 5.50. The van der Waals surface area contributed by atoms with Crippen molar-refractivity contribution in [3.05, 3.63) is 23.3 Å². The number of nitrogens with zero attached hydrogens (tertiary/aromatic N) is 2. The summed E-state index contributed by atoms with van der Waals surface area (Å²) in [4.78, 5) is 44.4. The Bertz CT molecular complexity index is 706. The third kappa shape index (κ3) is 5.68. The summed E-state index contributed by atoms with van der Waals surface area (Å²) in [6.45, 7) is 7.53. The summed E-state index contributed by atoms with van der Waals surface area (Å²) in [5.41, 5.74) is 5.46. The molecule has 3 N–H and O–H groups in total. The lowest BCUT2D eigenvalue weighted by molar-refractivity contribution is -0.135. The number of imide groups is 1. The molecule has 1 heterocycles. The standard InChI is InChI=1S/C20H31N5O4/c1-4-5-18(20(28)23-13-26)25(14-27)12-16-15(2)6-7-17(19(16)29-21-3)24-10-8-22-9-11-24/h6-7,13-14,18,21-22H,4-5,8-12H2,1-3H3,(H,23,26,28). The Morgan fingerprint density at radius 3 is 2.66 bits per heavy atom. The Morgan fingerprint density at radius 1 is 1.34 bits per heavy atom. The first-order valence-corrected chi connectivity index (χ1v) is 9.94. The highest BCUT2D eigenvalue weighted by molar-refractivity contribution is 5.91. The number of carbonyl (C=O) groups excluding carboxylic acids is 3. The number of anilines is 1. The number of carbonyl (C=O) groups is 3. The average molecular weight is 405 g/mol. The fourth-order valence-electron chi connectivity index (χ4n) is 3.56. The van der Waals surface area contributed by atoms with Gasteiger partial charge in [0.2, 0.25) is 18.7 Å². The number of hydrogen-bond acceptors (Lipinski definition) is 7. The molecule has 0 radical (unpaired) electrons. The fraction of sp³-hybridized carbons (Fsp3) is 0.550. The summed E-state index contributed by atoms with van der Waals surface area (Å²) in [7, 11) is 1.68. The number of aryl methyl sites for hydroxylation is 1. The number of benzene rings is 1. The van der Waals surface area contributed by atoms with Crippen LogP contribution in [0.1, 0.15) is 30.9 Å². The molecule has 1 aromatic carbocycles. The zero-order valence-electron chi connectivity index (χ0n) is 17.4. The molecule has 1 aromatic rings. The smallest absolute Gasteiger partial charge is 0.249 e. The second kappa shape index (κ2) is 11.4. The van der Waals surface area contributed by atoms with Crippen molar-refractivity contribution in [2.45, 2.75) is 39.3 Å². The maximum absolute atomic E-state index is 12.3. The van der Waals surface area contributed by atoms with E-state index in [-0.39, 0.29) is 6.54 Å². The van der Waals surface area contributed by atoms with Gasteiger partial charge >= 0.3 is 0 Å². The van der Waals surface area contributed by atoms with E-state index in [1.165, 1.54) is 4.90 Å². The van der Waals surface area contributed by atoms with Crippen molar-refractivity contribution in [2.24, 2.45) is 0 Å². The van der Waals surface area contributed by atoms with Gasteiger partial charge in [0.05, 0.1) is 12.2 Å². The van der Waals surface area contributed by atoms with E-state index in [2.05, 4.69) is 21.0 Å².